The van der Waals surface area contributed by atoms with Crippen LogP contribution in [0, 0.1) is 40.9 Å². The molecule has 0 N–H and O–H groups in total. The summed E-state index contributed by atoms with van der Waals surface area (Å²) in [6, 6.07) is 0. The van der Waals surface area contributed by atoms with Crippen molar-refractivity contribution in [3.63, 3.8) is 0 Å². The van der Waals surface area contributed by atoms with Gasteiger partial charge in [0.25, 0.3) is 0 Å². The maximum absolute atomic E-state index is 4.17. The molecule has 58 heavy (non-hydrogen) atoms. The van der Waals surface area contributed by atoms with Gasteiger partial charge in [0, 0.05) is 0 Å². The first-order chi connectivity index (χ1) is 26.4. The molecule has 0 spiro atoms. The molecule has 0 aromatic carbocycles. The van der Waals surface area contributed by atoms with Crippen molar-refractivity contribution >= 4 is 0 Å². The summed E-state index contributed by atoms with van der Waals surface area (Å²) in [6.07, 6.45) is 18.5. The third-order valence-corrected chi connectivity index (χ3v) is 14.5. The van der Waals surface area contributed by atoms with Gasteiger partial charge in [0.05, 0.1) is 0 Å². The van der Waals surface area contributed by atoms with E-state index < -0.39 is 0 Å². The number of hydrogen-bond acceptors (Lipinski definition) is 0. The molecule has 0 radical (unpaired) electrons. The van der Waals surface area contributed by atoms with Gasteiger partial charge in [-0.3, -0.25) is 0 Å². The molecule has 0 heteroatoms. The highest BCUT2D eigenvalue weighted by Gasteiger charge is 2.26. The molecule has 0 nitrogen and oxygen atoms in total. The van der Waals surface area contributed by atoms with E-state index in [1.54, 1.807) is 11.1 Å². The summed E-state index contributed by atoms with van der Waals surface area (Å²) < 4.78 is 0. The minimum Gasteiger partial charge on any atom is -0.0956 e. The summed E-state index contributed by atoms with van der Waals surface area (Å²) in [5.74, 6) is 4.88. The lowest BCUT2D eigenvalue weighted by molar-refractivity contribution is 0.348. The first-order valence-electron chi connectivity index (χ1n) is 23.2. The third-order valence-electron chi connectivity index (χ3n) is 14.5. The number of allylic oxidation sites excluding steroid dienone is 15. The van der Waals surface area contributed by atoms with Crippen LogP contribution in [0.25, 0.3) is 0 Å². The highest BCUT2D eigenvalue weighted by atomic mass is 14.3. The molecular weight excluding hydrogens is 697 g/mol. The molecule has 330 valence electrons. The van der Waals surface area contributed by atoms with Crippen molar-refractivity contribution in [1.29, 1.82) is 0 Å². The Bertz CT molecular complexity index is 1560. The molecule has 0 amide bonds. The van der Waals surface area contributed by atoms with Crippen LogP contribution in [0.1, 0.15) is 209 Å². The minimum atomic E-state index is 0. The summed E-state index contributed by atoms with van der Waals surface area (Å²) in [5, 5.41) is 0. The molecule has 0 fully saturated rings. The van der Waals surface area contributed by atoms with Crippen LogP contribution in [0.3, 0.4) is 0 Å². The quantitative estimate of drug-likeness (QED) is 0.260. The van der Waals surface area contributed by atoms with E-state index in [2.05, 4.69) is 157 Å². The zero-order valence-corrected chi connectivity index (χ0v) is 41.3. The normalized spacial score (nSPS) is 26.0. The molecule has 5 unspecified atom stereocenters. The first kappa shape index (κ1) is 55.4. The zero-order chi connectivity index (χ0) is 43.9. The van der Waals surface area contributed by atoms with Gasteiger partial charge in [-0.1, -0.05) is 184 Å². The average Bonchev–Trinajstić information content (AvgIpc) is 3.13. The molecule has 0 aliphatic heterocycles. The van der Waals surface area contributed by atoms with Gasteiger partial charge in [-0.05, 0) is 182 Å². The maximum atomic E-state index is 4.17. The monoisotopic (exact) mass is 795 g/mol. The van der Waals surface area contributed by atoms with E-state index in [9.17, 15) is 0 Å². The molecule has 0 heterocycles. The highest BCUT2D eigenvalue weighted by molar-refractivity contribution is 5.37. The molecule has 5 atom stereocenters. The largest absolute Gasteiger partial charge is 0.0956 e. The molecule has 0 saturated heterocycles. The highest BCUT2D eigenvalue weighted by Crippen LogP contribution is 2.41. The summed E-state index contributed by atoms with van der Waals surface area (Å²) in [6.45, 7) is 58.9. The molecule has 0 aromatic rings. The van der Waals surface area contributed by atoms with Crippen LogP contribution in [0.5, 0.6) is 0 Å². The maximum Gasteiger partial charge on any atom is -0.0200 e. The van der Waals surface area contributed by atoms with Crippen molar-refractivity contribution in [2.45, 2.75) is 209 Å². The summed E-state index contributed by atoms with van der Waals surface area (Å²) >= 11 is 0. The van der Waals surface area contributed by atoms with Gasteiger partial charge in [-0.15, -0.1) is 0 Å². The van der Waals surface area contributed by atoms with E-state index in [4.69, 9.17) is 0 Å². The first-order valence-corrected chi connectivity index (χ1v) is 23.2. The van der Waals surface area contributed by atoms with Crippen molar-refractivity contribution < 1.29 is 0 Å². The van der Waals surface area contributed by atoms with Crippen LogP contribution in [-0.2, 0) is 0 Å². The topological polar surface area (TPSA) is 0 Å². The molecule has 5 aliphatic carbocycles. The Hall–Kier alpha value is -2.60. The second-order valence-corrected chi connectivity index (χ2v) is 20.3. The van der Waals surface area contributed by atoms with Crippen LogP contribution < -0.4 is 0 Å². The van der Waals surface area contributed by atoms with Crippen LogP contribution >= 0.6 is 0 Å². The smallest absolute Gasteiger partial charge is 0.0200 e. The van der Waals surface area contributed by atoms with Crippen molar-refractivity contribution in [1.82, 2.24) is 0 Å². The van der Waals surface area contributed by atoms with Gasteiger partial charge in [-0.2, -0.15) is 0 Å². The van der Waals surface area contributed by atoms with Crippen LogP contribution in [-0.4, -0.2) is 0 Å². The predicted molar refractivity (Wildman–Crippen MR) is 268 cm³/mol. The number of hydrogen-bond donors (Lipinski definition) is 0. The Morgan fingerprint density at radius 3 is 1.62 bits per heavy atom. The van der Waals surface area contributed by atoms with Crippen molar-refractivity contribution in [3.05, 3.63) is 117 Å². The second-order valence-electron chi connectivity index (χ2n) is 20.3. The fourth-order valence-electron chi connectivity index (χ4n) is 9.42. The van der Waals surface area contributed by atoms with Gasteiger partial charge < -0.3 is 0 Å². The van der Waals surface area contributed by atoms with Crippen molar-refractivity contribution in [2.75, 3.05) is 0 Å². The van der Waals surface area contributed by atoms with Gasteiger partial charge in [0.1, 0.15) is 0 Å². The molecule has 0 aromatic heterocycles. The van der Waals surface area contributed by atoms with Crippen LogP contribution in [0.2, 0.25) is 0 Å². The SMILES string of the molecule is C.C=C1CC(C(C)C)CC(CC)=C1C.C=C1CC(C)(C)CC(C)=C1C.C=C1CC(C)C(C)C(C)=C1C.C=C1CC(C)CC(CC)=C1C.C=C1CC(CCC)CC=C1C. The fourth-order valence-corrected chi connectivity index (χ4v) is 9.42. The minimum absolute atomic E-state index is 0. The van der Waals surface area contributed by atoms with E-state index in [1.165, 1.54) is 144 Å². The Balaban J connectivity index is 0.000000698. The van der Waals surface area contributed by atoms with Crippen molar-refractivity contribution in [2.24, 2.45) is 40.9 Å². The van der Waals surface area contributed by atoms with E-state index in [-0.39, 0.29) is 7.43 Å². The fraction of sp³-hybridized carbons (Fsp3) is 0.655. The standard InChI is InChI=1S/C13H22.4C11H18.CH4/c1-6-12-8-13(9(2)3)7-10(4)11(12)5;1-8-6-11(4,5)7-9(2)10(8)3;1-7-6-8(2)10(4)11(5)9(7)3;1-5-11-7-8(2)6-9(3)10(11)4;1-4-5-11-7-6-9(2)10(3)8-11;/h9,13H,4,6-8H2,1-3,5H3;1,6-7H2,2-5H3;8,10H,1,6H2,2-5H3;8H,3,5-7H2,1-2,4H3;6,11H,3-5,7-8H2,1-2H3;1H4. The lowest BCUT2D eigenvalue weighted by Crippen LogP contribution is -2.18. The summed E-state index contributed by atoms with van der Waals surface area (Å²) in [7, 11) is 0. The second kappa shape index (κ2) is 25.9. The average molecular weight is 795 g/mol. The Kier molecular flexibility index (Phi) is 24.7. The lowest BCUT2D eigenvalue weighted by Gasteiger charge is -2.32. The third kappa shape index (κ3) is 17.6. The summed E-state index contributed by atoms with van der Waals surface area (Å²) in [5.41, 5.74) is 20.8. The van der Waals surface area contributed by atoms with Crippen molar-refractivity contribution in [3.8, 4) is 0 Å². The number of rotatable bonds is 5. The van der Waals surface area contributed by atoms with Gasteiger partial charge in [-0.25, -0.2) is 0 Å². The summed E-state index contributed by atoms with van der Waals surface area (Å²) in [4.78, 5) is 0. The van der Waals surface area contributed by atoms with E-state index in [0.717, 1.165) is 41.9 Å². The Labute approximate surface area is 365 Å². The molecular formula is C58H98. The van der Waals surface area contributed by atoms with Gasteiger partial charge in [0.15, 0.2) is 0 Å². The van der Waals surface area contributed by atoms with Gasteiger partial charge >= 0.3 is 0 Å². The Morgan fingerprint density at radius 1 is 0.621 bits per heavy atom. The molecule has 0 bridgehead atoms. The van der Waals surface area contributed by atoms with E-state index in [1.807, 2.05) is 0 Å². The molecule has 5 rings (SSSR count). The Morgan fingerprint density at radius 2 is 1.14 bits per heavy atom. The van der Waals surface area contributed by atoms with E-state index >= 15 is 0 Å². The van der Waals surface area contributed by atoms with E-state index in [0.29, 0.717) is 5.41 Å². The zero-order valence-electron chi connectivity index (χ0n) is 41.3. The molecule has 5 aliphatic rings. The van der Waals surface area contributed by atoms with Gasteiger partial charge in [0.2, 0.25) is 0 Å². The molecule has 0 saturated carbocycles. The lowest BCUT2D eigenvalue weighted by atomic mass is 9.73. The predicted octanol–water partition coefficient (Wildman–Crippen LogP) is 19.6. The van der Waals surface area contributed by atoms with Crippen LogP contribution in [0.4, 0.5) is 0 Å². The van der Waals surface area contributed by atoms with Crippen LogP contribution in [0.15, 0.2) is 117 Å².